The fraction of sp³-hybridized carbons (Fsp3) is 0.312. The average Bonchev–Trinajstić information content (AvgIpc) is 4.35. The van der Waals surface area contributed by atoms with Crippen LogP contribution in [0.3, 0.4) is 0 Å². The number of aromatic amines is 2. The van der Waals surface area contributed by atoms with Crippen LogP contribution < -0.4 is 18.9 Å². The number of H-pyrrole nitrogens is 2. The Morgan fingerprint density at radius 1 is 0.287 bits per heavy atom. The SMILES string of the molecule is COCCOCCOc1cccc(-c2c3nc(c(-c4cccc(OCCOCCOC)c4)c4ccc([nH]4)c(-c4cccc(OCCOCCOC)c4)c4nc(c(-c5cccc(OCCOCCOC)c5)c5ccc2[nH]5)C=C4)C=C3)c1. The molecule has 2 aliphatic rings. The van der Waals surface area contributed by atoms with Crippen molar-refractivity contribution >= 4 is 46.4 Å². The van der Waals surface area contributed by atoms with Crippen LogP contribution in [-0.4, -0.2) is 154 Å². The van der Waals surface area contributed by atoms with Gasteiger partial charge < -0.3 is 66.8 Å². The second kappa shape index (κ2) is 30.1. The van der Waals surface area contributed by atoms with Crippen LogP contribution in [0.5, 0.6) is 23.0 Å². The zero-order chi connectivity index (χ0) is 55.1. The number of benzene rings is 4. The van der Waals surface area contributed by atoms with Gasteiger partial charge in [-0.1, -0.05) is 48.5 Å². The highest BCUT2D eigenvalue weighted by molar-refractivity contribution is 6.00. The number of methoxy groups -OCH3 is 4. The van der Waals surface area contributed by atoms with Crippen LogP contribution in [0.4, 0.5) is 0 Å². The van der Waals surface area contributed by atoms with Gasteiger partial charge in [0.25, 0.3) is 0 Å². The van der Waals surface area contributed by atoms with Crippen molar-refractivity contribution in [1.82, 2.24) is 19.9 Å². The van der Waals surface area contributed by atoms with Gasteiger partial charge in [-0.3, -0.25) is 0 Å². The summed E-state index contributed by atoms with van der Waals surface area (Å²) < 4.78 is 68.6. The van der Waals surface area contributed by atoms with Gasteiger partial charge in [-0.15, -0.1) is 0 Å². The Morgan fingerprint density at radius 3 is 0.762 bits per heavy atom. The average molecular weight is 1090 g/mol. The molecule has 0 fully saturated rings. The Hall–Kier alpha value is -7.64. The van der Waals surface area contributed by atoms with E-state index in [1.165, 1.54) is 0 Å². The molecule has 5 heterocycles. The van der Waals surface area contributed by atoms with E-state index in [1.54, 1.807) is 28.4 Å². The van der Waals surface area contributed by atoms with Crippen molar-refractivity contribution in [1.29, 1.82) is 0 Å². The molecule has 0 aliphatic carbocycles. The summed E-state index contributed by atoms with van der Waals surface area (Å²) in [5.41, 5.74) is 13.4. The van der Waals surface area contributed by atoms with E-state index in [2.05, 4.69) is 82.8 Å². The topological polar surface area (TPSA) is 168 Å². The minimum atomic E-state index is 0.369. The molecule has 2 N–H and O–H groups in total. The van der Waals surface area contributed by atoms with E-state index in [-0.39, 0.29) is 0 Å². The van der Waals surface area contributed by atoms with Gasteiger partial charge in [-0.25, -0.2) is 9.97 Å². The summed E-state index contributed by atoms with van der Waals surface area (Å²) in [5.74, 6) is 2.78. The summed E-state index contributed by atoms with van der Waals surface area (Å²) >= 11 is 0. The summed E-state index contributed by atoms with van der Waals surface area (Å²) in [5, 5.41) is 0. The maximum Gasteiger partial charge on any atom is 0.120 e. The summed E-state index contributed by atoms with van der Waals surface area (Å²) in [6, 6.07) is 40.7. The molecule has 80 heavy (non-hydrogen) atoms. The van der Waals surface area contributed by atoms with E-state index >= 15 is 0 Å². The van der Waals surface area contributed by atoms with Crippen LogP contribution in [0.15, 0.2) is 121 Å². The van der Waals surface area contributed by atoms with Gasteiger partial charge in [-0.2, -0.15) is 0 Å². The standard InChI is InChI=1S/C64H70N4O12/c1-69-25-29-73-33-37-77-49-13-5-9-45(41-49)61-53-17-19-55(65-53)62(46-10-6-14-50(42-46)78-38-34-74-30-26-70-2)57-21-23-59(67-57)64(48-12-8-16-52(44-48)80-40-36-76-32-28-72-4)60-24-22-58(68-60)63(56-20-18-54(61)66-56)47-11-7-15-51(43-47)79-39-35-75-31-27-71-3/h5-24,41-44,65,68H,25-40H2,1-4H3. The van der Waals surface area contributed by atoms with Crippen LogP contribution in [0, 0.1) is 0 Å². The second-order valence-electron chi connectivity index (χ2n) is 18.4. The Morgan fingerprint density at radius 2 is 0.525 bits per heavy atom. The lowest BCUT2D eigenvalue weighted by Crippen LogP contribution is -2.10. The largest absolute Gasteiger partial charge is 0.491 e. The zero-order valence-corrected chi connectivity index (χ0v) is 46.0. The first-order valence-corrected chi connectivity index (χ1v) is 26.9. The molecule has 0 unspecified atom stereocenters. The molecule has 16 heteroatoms. The van der Waals surface area contributed by atoms with Gasteiger partial charge >= 0.3 is 0 Å². The van der Waals surface area contributed by atoms with Crippen molar-refractivity contribution < 1.29 is 56.8 Å². The minimum Gasteiger partial charge on any atom is -0.491 e. The van der Waals surface area contributed by atoms with Gasteiger partial charge in [-0.05, 0) is 119 Å². The molecule has 0 saturated carbocycles. The quantitative estimate of drug-likeness (QED) is 0.0382. The van der Waals surface area contributed by atoms with Crippen molar-refractivity contribution in [3.8, 4) is 67.5 Å². The van der Waals surface area contributed by atoms with Crippen LogP contribution >= 0.6 is 0 Å². The van der Waals surface area contributed by atoms with E-state index in [0.29, 0.717) is 129 Å². The molecule has 0 atom stereocenters. The highest BCUT2D eigenvalue weighted by Gasteiger charge is 2.20. The molecule has 4 aromatic carbocycles. The number of rotatable bonds is 32. The predicted octanol–water partition coefficient (Wildman–Crippen LogP) is 11.5. The molecule has 8 bridgehead atoms. The van der Waals surface area contributed by atoms with Crippen molar-refractivity contribution in [2.45, 2.75) is 0 Å². The molecule has 9 rings (SSSR count). The van der Waals surface area contributed by atoms with E-state index in [1.807, 2.05) is 72.8 Å². The number of hydrogen-bond acceptors (Lipinski definition) is 14. The van der Waals surface area contributed by atoms with Crippen LogP contribution in [0.2, 0.25) is 0 Å². The first-order valence-electron chi connectivity index (χ1n) is 26.9. The molecular formula is C64H70N4O12. The number of fused-ring (bicyclic) bond motifs is 8. The predicted molar refractivity (Wildman–Crippen MR) is 313 cm³/mol. The van der Waals surface area contributed by atoms with Gasteiger partial charge in [0, 0.05) is 72.8 Å². The molecule has 7 aromatic rings. The van der Waals surface area contributed by atoms with Gasteiger partial charge in [0.15, 0.2) is 0 Å². The maximum atomic E-state index is 6.27. The third-order valence-electron chi connectivity index (χ3n) is 13.0. The second-order valence-corrected chi connectivity index (χ2v) is 18.4. The van der Waals surface area contributed by atoms with E-state index in [0.717, 1.165) is 89.4 Å². The Balaban J connectivity index is 1.25. The monoisotopic (exact) mass is 1090 g/mol. The third kappa shape index (κ3) is 15.4. The fourth-order valence-electron chi connectivity index (χ4n) is 9.24. The Kier molecular flexibility index (Phi) is 21.5. The summed E-state index contributed by atoms with van der Waals surface area (Å²) in [4.78, 5) is 18.8. The van der Waals surface area contributed by atoms with Crippen molar-refractivity contribution in [2.75, 3.05) is 134 Å². The molecule has 418 valence electrons. The lowest BCUT2D eigenvalue weighted by molar-refractivity contribution is 0.0544. The molecule has 0 amide bonds. The molecule has 3 aromatic heterocycles. The van der Waals surface area contributed by atoms with E-state index in [4.69, 9.17) is 66.8 Å². The number of ether oxygens (including phenoxy) is 12. The molecule has 0 spiro atoms. The third-order valence-corrected chi connectivity index (χ3v) is 13.0. The smallest absolute Gasteiger partial charge is 0.120 e. The van der Waals surface area contributed by atoms with Crippen LogP contribution in [0.1, 0.15) is 22.8 Å². The van der Waals surface area contributed by atoms with Crippen LogP contribution in [-0.2, 0) is 37.9 Å². The highest BCUT2D eigenvalue weighted by Crippen LogP contribution is 2.40. The molecular weight excluding hydrogens is 1020 g/mol. The lowest BCUT2D eigenvalue weighted by atomic mass is 10.0. The Bertz CT molecular complexity index is 2920. The van der Waals surface area contributed by atoms with E-state index in [9.17, 15) is 0 Å². The van der Waals surface area contributed by atoms with Crippen LogP contribution in [0.25, 0.3) is 90.9 Å². The van der Waals surface area contributed by atoms with Gasteiger partial charge in [0.2, 0.25) is 0 Å². The number of nitrogens with zero attached hydrogens (tertiary/aromatic N) is 2. The van der Waals surface area contributed by atoms with Gasteiger partial charge in [0.1, 0.15) is 49.4 Å². The highest BCUT2D eigenvalue weighted by atomic mass is 16.6. The Labute approximate surface area is 467 Å². The molecule has 0 radical (unpaired) electrons. The summed E-state index contributed by atoms with van der Waals surface area (Å²) in [6.45, 7) is 7.15. The number of aromatic nitrogens is 4. The summed E-state index contributed by atoms with van der Waals surface area (Å²) in [7, 11) is 6.62. The molecule has 0 saturated heterocycles. The first-order chi connectivity index (χ1) is 39.5. The van der Waals surface area contributed by atoms with Gasteiger partial charge in [0.05, 0.1) is 102 Å². The molecule has 16 nitrogen and oxygen atoms in total. The normalized spacial score (nSPS) is 11.8. The number of nitrogens with one attached hydrogen (secondary N) is 2. The maximum absolute atomic E-state index is 6.27. The fourth-order valence-corrected chi connectivity index (χ4v) is 9.24. The zero-order valence-electron chi connectivity index (χ0n) is 46.0. The molecule has 2 aliphatic heterocycles. The van der Waals surface area contributed by atoms with E-state index < -0.39 is 0 Å². The lowest BCUT2D eigenvalue weighted by Gasteiger charge is -2.11. The van der Waals surface area contributed by atoms with Crippen molar-refractivity contribution in [3.63, 3.8) is 0 Å². The minimum absolute atomic E-state index is 0.369. The first kappa shape index (κ1) is 57.1. The summed E-state index contributed by atoms with van der Waals surface area (Å²) in [6.07, 6.45) is 8.29. The number of hydrogen-bond donors (Lipinski definition) is 2. The van der Waals surface area contributed by atoms with Crippen molar-refractivity contribution in [3.05, 3.63) is 144 Å². The van der Waals surface area contributed by atoms with Crippen molar-refractivity contribution in [2.24, 2.45) is 0 Å².